The second-order valence-electron chi connectivity index (χ2n) is 10.2. The average Bonchev–Trinajstić information content (AvgIpc) is 2.97. The van der Waals surface area contributed by atoms with Crippen molar-refractivity contribution in [3.8, 4) is 40.1 Å². The molecule has 2 saturated heterocycles. The van der Waals surface area contributed by atoms with Gasteiger partial charge < -0.3 is 74.4 Å². The van der Waals surface area contributed by atoms with Gasteiger partial charge in [0.05, 0.1) is 12.7 Å². The summed E-state index contributed by atoms with van der Waals surface area (Å²) in [5.41, 5.74) is -1.39. The first-order chi connectivity index (χ1) is 20.3. The zero-order valence-corrected chi connectivity index (χ0v) is 22.3. The number of fused-ring (bicyclic) bond motifs is 1. The Balaban J connectivity index is 1.67. The van der Waals surface area contributed by atoms with Crippen LogP contribution < -0.4 is 14.9 Å². The third-order valence-corrected chi connectivity index (χ3v) is 7.27. The van der Waals surface area contributed by atoms with Crippen LogP contribution in [0, 0.1) is 0 Å². The predicted octanol–water partition coefficient (Wildman–Crippen LogP) is -2.04. The highest BCUT2D eigenvalue weighted by Gasteiger charge is 2.46. The standard InChI is InChI=1S/C27H30O16/c1-8-17(32)20(35)22(37)26(39-8)41-14-6-10(29)5-13-16(14)19(34)25(24(40-13)9-2-3-11(30)12(31)4-9)43-27-23(38)21(36)18(33)15(7-28)42-27/h2-6,8,15,17-18,20-23,26-33,35-38H,7H2,1H3/t8-,15+,17-,18+,20+,21+,22+,23-,26+,27+/m0/s1. The van der Waals surface area contributed by atoms with Crippen LogP contribution >= 0.6 is 0 Å². The summed E-state index contributed by atoms with van der Waals surface area (Å²) >= 11 is 0. The highest BCUT2D eigenvalue weighted by molar-refractivity contribution is 5.88. The molecule has 0 spiro atoms. The molecule has 43 heavy (non-hydrogen) atoms. The number of benzene rings is 2. The van der Waals surface area contributed by atoms with Crippen molar-refractivity contribution < 1.29 is 74.4 Å². The van der Waals surface area contributed by atoms with Crippen molar-refractivity contribution in [3.63, 3.8) is 0 Å². The van der Waals surface area contributed by atoms with E-state index in [0.29, 0.717) is 0 Å². The zero-order valence-electron chi connectivity index (χ0n) is 22.3. The van der Waals surface area contributed by atoms with E-state index in [4.69, 9.17) is 23.4 Å². The number of aliphatic hydroxyl groups excluding tert-OH is 7. The average molecular weight is 611 g/mol. The highest BCUT2D eigenvalue weighted by atomic mass is 16.7. The summed E-state index contributed by atoms with van der Waals surface area (Å²) in [6, 6.07) is 5.33. The molecule has 5 rings (SSSR count). The number of ether oxygens (including phenoxy) is 4. The maximum atomic E-state index is 14.0. The summed E-state index contributed by atoms with van der Waals surface area (Å²) in [5.74, 6) is -3.15. The van der Waals surface area contributed by atoms with Gasteiger partial charge in [-0.25, -0.2) is 0 Å². The van der Waals surface area contributed by atoms with E-state index in [2.05, 4.69) is 0 Å². The molecule has 234 valence electrons. The van der Waals surface area contributed by atoms with Crippen molar-refractivity contribution in [2.75, 3.05) is 6.61 Å². The van der Waals surface area contributed by atoms with Gasteiger partial charge in [-0.3, -0.25) is 4.79 Å². The Bertz CT molecular complexity index is 1540. The molecule has 0 radical (unpaired) electrons. The van der Waals surface area contributed by atoms with Crippen molar-refractivity contribution in [2.45, 2.75) is 68.3 Å². The molecule has 10 atom stereocenters. The molecule has 2 fully saturated rings. The van der Waals surface area contributed by atoms with Crippen LogP contribution in [-0.2, 0) is 9.47 Å². The topological polar surface area (TPSA) is 269 Å². The van der Waals surface area contributed by atoms with Crippen LogP contribution in [0.1, 0.15) is 6.92 Å². The third-order valence-electron chi connectivity index (χ3n) is 7.27. The molecule has 16 nitrogen and oxygen atoms in total. The molecule has 0 bridgehead atoms. The monoisotopic (exact) mass is 610 g/mol. The SMILES string of the molecule is C[C@@H]1O[C@H](Oc2cc(O)cc3oc(-c4ccc(O)c(O)c4)c(O[C@H]4O[C@H](CO)[C@@H](O)[C@@H](O)[C@@H]4O)c(=O)c23)[C@H](O)[C@H](O)[C@H]1O. The maximum absolute atomic E-state index is 14.0. The van der Waals surface area contributed by atoms with Crippen LogP contribution in [0.25, 0.3) is 22.3 Å². The predicted molar refractivity (Wildman–Crippen MR) is 140 cm³/mol. The number of aromatic hydroxyl groups is 3. The minimum absolute atomic E-state index is 0.0447. The van der Waals surface area contributed by atoms with E-state index in [1.807, 2.05) is 0 Å². The first-order valence-corrected chi connectivity index (χ1v) is 13.0. The van der Waals surface area contributed by atoms with Crippen LogP contribution in [-0.4, -0.2) is 119 Å². The first kappa shape index (κ1) is 30.7. The first-order valence-electron chi connectivity index (χ1n) is 13.0. The summed E-state index contributed by atoms with van der Waals surface area (Å²) in [6.07, 6.45) is -16.4. The molecule has 0 aliphatic carbocycles. The van der Waals surface area contributed by atoms with Crippen molar-refractivity contribution in [1.29, 1.82) is 0 Å². The van der Waals surface area contributed by atoms with Gasteiger partial charge in [0.15, 0.2) is 17.3 Å². The van der Waals surface area contributed by atoms with Gasteiger partial charge in [0.2, 0.25) is 23.8 Å². The Hall–Kier alpha value is -3.71. The lowest BCUT2D eigenvalue weighted by Gasteiger charge is -2.39. The quantitative estimate of drug-likeness (QED) is 0.135. The molecule has 1 aromatic heterocycles. The number of phenolic OH excluding ortho intramolecular Hbond substituents is 3. The highest BCUT2D eigenvalue weighted by Crippen LogP contribution is 2.40. The lowest BCUT2D eigenvalue weighted by atomic mass is 9.99. The lowest BCUT2D eigenvalue weighted by molar-refractivity contribution is -0.277. The smallest absolute Gasteiger partial charge is 0.239 e. The number of phenols is 3. The summed E-state index contributed by atoms with van der Waals surface area (Å²) in [4.78, 5) is 14.0. The Kier molecular flexibility index (Phi) is 8.41. The van der Waals surface area contributed by atoms with E-state index in [1.165, 1.54) is 13.0 Å². The van der Waals surface area contributed by atoms with Gasteiger partial charge in [-0.2, -0.15) is 0 Å². The van der Waals surface area contributed by atoms with Crippen LogP contribution in [0.2, 0.25) is 0 Å². The molecule has 2 aromatic carbocycles. The fourth-order valence-electron chi connectivity index (χ4n) is 4.82. The number of rotatable bonds is 6. The Labute approximate surface area is 241 Å². The second kappa shape index (κ2) is 11.8. The maximum Gasteiger partial charge on any atom is 0.239 e. The number of aliphatic hydroxyl groups is 7. The van der Waals surface area contributed by atoms with E-state index in [-0.39, 0.29) is 11.1 Å². The van der Waals surface area contributed by atoms with Crippen LogP contribution in [0.5, 0.6) is 28.7 Å². The van der Waals surface area contributed by atoms with E-state index in [9.17, 15) is 55.9 Å². The van der Waals surface area contributed by atoms with Crippen molar-refractivity contribution >= 4 is 11.0 Å². The molecule has 16 heteroatoms. The van der Waals surface area contributed by atoms with Crippen molar-refractivity contribution in [2.24, 2.45) is 0 Å². The minimum Gasteiger partial charge on any atom is -0.508 e. The van der Waals surface area contributed by atoms with Crippen LogP contribution in [0.3, 0.4) is 0 Å². The van der Waals surface area contributed by atoms with Crippen LogP contribution in [0.15, 0.2) is 39.5 Å². The zero-order chi connectivity index (χ0) is 31.3. The van der Waals surface area contributed by atoms with Gasteiger partial charge in [0.25, 0.3) is 0 Å². The van der Waals surface area contributed by atoms with Crippen LogP contribution in [0.4, 0.5) is 0 Å². The minimum atomic E-state index is -1.94. The molecule has 0 saturated carbocycles. The molecule has 3 heterocycles. The molecule has 0 amide bonds. The Morgan fingerprint density at radius 1 is 0.767 bits per heavy atom. The van der Waals surface area contributed by atoms with Gasteiger partial charge >= 0.3 is 0 Å². The molecule has 2 aliphatic heterocycles. The van der Waals surface area contributed by atoms with E-state index in [0.717, 1.165) is 24.3 Å². The fraction of sp³-hybridized carbons (Fsp3) is 0.444. The lowest BCUT2D eigenvalue weighted by Crippen LogP contribution is -2.60. The number of hydrogen-bond acceptors (Lipinski definition) is 16. The largest absolute Gasteiger partial charge is 0.508 e. The van der Waals surface area contributed by atoms with Gasteiger partial charge in [-0.05, 0) is 25.1 Å². The Morgan fingerprint density at radius 2 is 1.42 bits per heavy atom. The van der Waals surface area contributed by atoms with Gasteiger partial charge in [-0.15, -0.1) is 0 Å². The Morgan fingerprint density at radius 3 is 2.07 bits per heavy atom. The van der Waals surface area contributed by atoms with Crippen molar-refractivity contribution in [1.82, 2.24) is 0 Å². The molecule has 0 unspecified atom stereocenters. The summed E-state index contributed by atoms with van der Waals surface area (Å²) in [7, 11) is 0. The van der Waals surface area contributed by atoms with E-state index < -0.39 is 113 Å². The molecule has 3 aromatic rings. The summed E-state index contributed by atoms with van der Waals surface area (Å²) in [5, 5.41) is 101. The normalized spacial score (nSPS) is 32.9. The molecule has 10 N–H and O–H groups in total. The second-order valence-corrected chi connectivity index (χ2v) is 10.2. The van der Waals surface area contributed by atoms with E-state index in [1.54, 1.807) is 0 Å². The fourth-order valence-corrected chi connectivity index (χ4v) is 4.82. The van der Waals surface area contributed by atoms with E-state index >= 15 is 0 Å². The molecule has 2 aliphatic rings. The third kappa shape index (κ3) is 5.55. The van der Waals surface area contributed by atoms with Gasteiger partial charge in [0.1, 0.15) is 65.2 Å². The van der Waals surface area contributed by atoms with Crippen molar-refractivity contribution in [3.05, 3.63) is 40.6 Å². The summed E-state index contributed by atoms with van der Waals surface area (Å²) < 4.78 is 28.0. The molecular weight excluding hydrogens is 580 g/mol. The summed E-state index contributed by atoms with van der Waals surface area (Å²) in [6.45, 7) is 0.604. The number of hydrogen-bond donors (Lipinski definition) is 10. The van der Waals surface area contributed by atoms with Gasteiger partial charge in [-0.1, -0.05) is 0 Å². The molecular formula is C27H30O16. The van der Waals surface area contributed by atoms with Gasteiger partial charge in [0, 0.05) is 17.7 Å².